The van der Waals surface area contributed by atoms with Crippen molar-refractivity contribution < 1.29 is 47.5 Å². The van der Waals surface area contributed by atoms with Crippen molar-refractivity contribution in [2.24, 2.45) is 0 Å². The van der Waals surface area contributed by atoms with Crippen LogP contribution in [-0.2, 0) is 35.7 Å². The molecule has 0 bridgehead atoms. The Hall–Kier alpha value is -1.80. The fraction of sp³-hybridized carbons (Fsp3) is 0.318. The number of ether oxygens (including phenoxy) is 1. The maximum absolute atomic E-state index is 12.4. The molecule has 30 heavy (non-hydrogen) atoms. The zero-order chi connectivity index (χ0) is 20.4. The average Bonchev–Trinajstić information content (AvgIpc) is 3.35. The molecule has 2 aromatic rings. The van der Waals surface area contributed by atoms with Gasteiger partial charge in [-0.05, 0) is 90.2 Å². The summed E-state index contributed by atoms with van der Waals surface area (Å²) in [6.07, 6.45) is 7.34. The molecule has 0 radical (unpaired) electrons. The molecular formula is C22H23N2NaO4S. The standard InChI is InChI=1S/C22H24N2O4S.Na/c1-28-18-10-8-15(9-11-18)12-13-29(26,27)24-22(25)23-21-19-6-2-4-16(19)14-17-5-3-7-20(17)21;/h8-14H,2-7H2,1H3,(H2,23,24,25);/q;+1/p-1/b13-12+;. The van der Waals surface area contributed by atoms with Crippen molar-refractivity contribution in [2.45, 2.75) is 38.5 Å². The number of hydrogen-bond donors (Lipinski definition) is 1. The van der Waals surface area contributed by atoms with Gasteiger partial charge in [0.2, 0.25) is 0 Å². The first kappa shape index (κ1) is 22.9. The zero-order valence-corrected chi connectivity index (χ0v) is 20.1. The van der Waals surface area contributed by atoms with Gasteiger partial charge in [0.15, 0.2) is 16.1 Å². The van der Waals surface area contributed by atoms with Gasteiger partial charge >= 0.3 is 29.6 Å². The van der Waals surface area contributed by atoms with Gasteiger partial charge in [-0.15, -0.1) is 0 Å². The first-order valence-corrected chi connectivity index (χ1v) is 11.2. The molecule has 152 valence electrons. The molecule has 0 saturated heterocycles. The summed E-state index contributed by atoms with van der Waals surface area (Å²) in [7, 11) is -2.48. The first-order chi connectivity index (χ1) is 13.9. The van der Waals surface area contributed by atoms with Gasteiger partial charge in [-0.25, -0.2) is 8.42 Å². The van der Waals surface area contributed by atoms with Crippen LogP contribution in [0.25, 0.3) is 10.8 Å². The second kappa shape index (κ2) is 9.56. The Labute approximate surface area is 199 Å². The maximum Gasteiger partial charge on any atom is 1.00 e. The van der Waals surface area contributed by atoms with E-state index in [4.69, 9.17) is 4.74 Å². The van der Waals surface area contributed by atoms with Gasteiger partial charge in [0, 0.05) is 5.41 Å². The summed E-state index contributed by atoms with van der Waals surface area (Å²) in [6.45, 7) is 0. The molecule has 2 aliphatic carbocycles. The van der Waals surface area contributed by atoms with Crippen molar-refractivity contribution in [1.29, 1.82) is 0 Å². The van der Waals surface area contributed by atoms with E-state index in [9.17, 15) is 13.2 Å². The topological polar surface area (TPSA) is 86.6 Å². The van der Waals surface area contributed by atoms with Crippen molar-refractivity contribution in [1.82, 2.24) is 0 Å². The minimum atomic E-state index is -4.04. The minimum Gasteiger partial charge on any atom is -0.497 e. The average molecular weight is 434 g/mol. The molecule has 1 N–H and O–H groups in total. The van der Waals surface area contributed by atoms with Gasteiger partial charge in [0.05, 0.1) is 7.11 Å². The van der Waals surface area contributed by atoms with E-state index in [1.807, 2.05) is 0 Å². The van der Waals surface area contributed by atoms with E-state index in [1.165, 1.54) is 17.2 Å². The Morgan fingerprint density at radius 1 is 1.03 bits per heavy atom. The summed E-state index contributed by atoms with van der Waals surface area (Å²) >= 11 is 0. The van der Waals surface area contributed by atoms with Crippen molar-refractivity contribution >= 4 is 27.8 Å². The smallest absolute Gasteiger partial charge is 0.497 e. The first-order valence-electron chi connectivity index (χ1n) is 9.73. The van der Waals surface area contributed by atoms with Crippen LogP contribution in [0.5, 0.6) is 5.75 Å². The summed E-state index contributed by atoms with van der Waals surface area (Å²) in [4.78, 5) is 12.4. The van der Waals surface area contributed by atoms with Crippen molar-refractivity contribution in [2.75, 3.05) is 12.4 Å². The summed E-state index contributed by atoms with van der Waals surface area (Å²) in [5.74, 6) is 0.678. The molecule has 8 heteroatoms. The number of methoxy groups -OCH3 is 1. The van der Waals surface area contributed by atoms with Crippen LogP contribution in [0, 0.1) is 0 Å². The van der Waals surface area contributed by atoms with Gasteiger partial charge in [0.25, 0.3) is 0 Å². The summed E-state index contributed by atoms with van der Waals surface area (Å²) in [5, 5.41) is 3.72. The molecule has 2 aliphatic rings. The fourth-order valence-electron chi connectivity index (χ4n) is 4.12. The van der Waals surface area contributed by atoms with Crippen LogP contribution >= 0.6 is 0 Å². The molecule has 2 aromatic carbocycles. The van der Waals surface area contributed by atoms with Crippen LogP contribution < -0.4 is 39.6 Å². The molecule has 0 saturated carbocycles. The van der Waals surface area contributed by atoms with Crippen molar-refractivity contribution in [3.05, 3.63) is 68.3 Å². The molecular weight excluding hydrogens is 411 g/mol. The Kier molecular flexibility index (Phi) is 7.29. The number of aryl methyl sites for hydroxylation is 2. The van der Waals surface area contributed by atoms with Crippen LogP contribution in [0.2, 0.25) is 0 Å². The Balaban J connectivity index is 0.00000256. The van der Waals surface area contributed by atoms with Crippen LogP contribution in [0.4, 0.5) is 10.5 Å². The molecule has 0 heterocycles. The number of rotatable bonds is 5. The minimum absolute atomic E-state index is 0. The van der Waals surface area contributed by atoms with Crippen molar-refractivity contribution in [3.8, 4) is 5.75 Å². The Bertz CT molecular complexity index is 1050. The fourth-order valence-corrected chi connectivity index (χ4v) is 4.79. The molecule has 0 spiro atoms. The molecule has 0 aromatic heterocycles. The van der Waals surface area contributed by atoms with E-state index in [0.29, 0.717) is 11.3 Å². The molecule has 6 nitrogen and oxygen atoms in total. The number of carbonyl (C=O) groups is 1. The monoisotopic (exact) mass is 434 g/mol. The predicted octanol–water partition coefficient (Wildman–Crippen LogP) is 1.58. The predicted molar refractivity (Wildman–Crippen MR) is 114 cm³/mol. The van der Waals surface area contributed by atoms with E-state index >= 15 is 0 Å². The van der Waals surface area contributed by atoms with E-state index in [1.54, 1.807) is 31.4 Å². The van der Waals surface area contributed by atoms with Gasteiger partial charge in [-0.1, -0.05) is 18.2 Å². The normalized spacial score (nSPS) is 14.7. The third-order valence-corrected chi connectivity index (χ3v) is 6.36. The number of anilines is 1. The number of amides is 2. The van der Waals surface area contributed by atoms with Gasteiger partial charge < -0.3 is 14.8 Å². The van der Waals surface area contributed by atoms with E-state index in [2.05, 4.69) is 16.1 Å². The molecule has 0 aliphatic heterocycles. The number of fused-ring (bicyclic) bond motifs is 2. The van der Waals surface area contributed by atoms with Crippen LogP contribution in [0.3, 0.4) is 0 Å². The number of nitrogens with zero attached hydrogens (tertiary/aromatic N) is 1. The van der Waals surface area contributed by atoms with Gasteiger partial charge in [-0.2, -0.15) is 0 Å². The number of urea groups is 1. The number of sulfonamides is 1. The molecule has 0 unspecified atom stereocenters. The molecule has 4 rings (SSSR count). The number of hydrogen-bond acceptors (Lipinski definition) is 4. The Morgan fingerprint density at radius 3 is 2.20 bits per heavy atom. The van der Waals surface area contributed by atoms with Crippen molar-refractivity contribution in [3.63, 3.8) is 0 Å². The second-order valence-electron chi connectivity index (χ2n) is 7.35. The van der Waals surface area contributed by atoms with Gasteiger partial charge in [-0.3, -0.25) is 4.79 Å². The van der Waals surface area contributed by atoms with E-state index in [-0.39, 0.29) is 29.6 Å². The number of nitrogens with one attached hydrogen (secondary N) is 1. The van der Waals surface area contributed by atoms with Crippen LogP contribution in [-0.4, -0.2) is 21.6 Å². The molecule has 2 amide bonds. The summed E-state index contributed by atoms with van der Waals surface area (Å²) < 4.78 is 33.0. The third kappa shape index (κ3) is 5.09. The largest absolute Gasteiger partial charge is 1.00 e. The summed E-state index contributed by atoms with van der Waals surface area (Å²) in [6, 6.07) is 8.31. The molecule has 0 atom stereocenters. The number of benzene rings is 2. The zero-order valence-electron chi connectivity index (χ0n) is 17.3. The second-order valence-corrected chi connectivity index (χ2v) is 8.83. The maximum atomic E-state index is 12.4. The van der Waals surface area contributed by atoms with Gasteiger partial charge in [0.1, 0.15) is 5.75 Å². The van der Waals surface area contributed by atoms with Crippen LogP contribution in [0.1, 0.15) is 40.7 Å². The SMILES string of the molecule is COc1ccc(/C=C/S(=O)(=O)[N-]C(=O)Nc2c3c(cc4c2CCC4)CCC3)cc1.[Na+]. The third-order valence-electron chi connectivity index (χ3n) is 5.46. The summed E-state index contributed by atoms with van der Waals surface area (Å²) in [5.41, 5.74) is 6.27. The quantitative estimate of drug-likeness (QED) is 0.724. The van der Waals surface area contributed by atoms with E-state index in [0.717, 1.165) is 60.7 Å². The Morgan fingerprint density at radius 2 is 1.63 bits per heavy atom. The molecule has 0 fully saturated rings. The van der Waals surface area contributed by atoms with E-state index < -0.39 is 16.1 Å². The van der Waals surface area contributed by atoms with Crippen LogP contribution in [0.15, 0.2) is 35.7 Å². The number of carbonyl (C=O) groups excluding carboxylic acids is 1.